The van der Waals surface area contributed by atoms with Gasteiger partial charge in [0.1, 0.15) is 10.7 Å². The van der Waals surface area contributed by atoms with Crippen molar-refractivity contribution in [1.82, 2.24) is 15.0 Å². The lowest BCUT2D eigenvalue weighted by Gasteiger charge is -2.06. The molecule has 0 atom stereocenters. The van der Waals surface area contributed by atoms with E-state index in [0.29, 0.717) is 5.02 Å². The lowest BCUT2D eigenvalue weighted by molar-refractivity contribution is 0.600. The van der Waals surface area contributed by atoms with E-state index in [1.165, 1.54) is 18.3 Å². The van der Waals surface area contributed by atoms with Crippen molar-refractivity contribution in [1.29, 1.82) is 0 Å². The molecule has 0 amide bonds. The van der Waals surface area contributed by atoms with Gasteiger partial charge in [-0.2, -0.15) is 0 Å². The van der Waals surface area contributed by atoms with E-state index < -0.39 is 10.0 Å². The highest BCUT2D eigenvalue weighted by Gasteiger charge is 2.15. The van der Waals surface area contributed by atoms with Crippen molar-refractivity contribution in [3.63, 3.8) is 0 Å². The van der Waals surface area contributed by atoms with E-state index >= 15 is 0 Å². The third-order valence-electron chi connectivity index (χ3n) is 2.03. The molecule has 2 rings (SSSR count). The molecule has 2 aromatic heterocycles. The van der Waals surface area contributed by atoms with Crippen molar-refractivity contribution in [3.8, 4) is 0 Å². The molecule has 0 radical (unpaired) electrons. The van der Waals surface area contributed by atoms with Crippen LogP contribution in [0.4, 0.5) is 11.8 Å². The summed E-state index contributed by atoms with van der Waals surface area (Å²) in [7, 11) is -3.80. The highest BCUT2D eigenvalue weighted by atomic mass is 35.5. The highest BCUT2D eigenvalue weighted by molar-refractivity contribution is 7.92. The molecule has 0 aromatic carbocycles. The van der Waals surface area contributed by atoms with Crippen molar-refractivity contribution in [2.75, 3.05) is 10.1 Å². The van der Waals surface area contributed by atoms with Gasteiger partial charge >= 0.3 is 0 Å². The second-order valence-corrected chi connectivity index (χ2v) is 5.47. The summed E-state index contributed by atoms with van der Waals surface area (Å²) < 4.78 is 26.2. The summed E-state index contributed by atoms with van der Waals surface area (Å²) >= 11 is 5.65. The molecule has 10 heteroatoms. The molecule has 0 spiro atoms. The van der Waals surface area contributed by atoms with Crippen LogP contribution in [0.1, 0.15) is 0 Å². The Morgan fingerprint density at radius 2 is 1.79 bits per heavy atom. The van der Waals surface area contributed by atoms with Crippen molar-refractivity contribution in [2.45, 2.75) is 4.90 Å². The van der Waals surface area contributed by atoms with Crippen LogP contribution in [0.5, 0.6) is 0 Å². The smallest absolute Gasteiger partial charge is 0.266 e. The Labute approximate surface area is 114 Å². The van der Waals surface area contributed by atoms with Crippen molar-refractivity contribution in [2.24, 2.45) is 5.84 Å². The number of rotatable bonds is 4. The number of aromatic nitrogens is 3. The molecule has 100 valence electrons. The van der Waals surface area contributed by atoms with Crippen LogP contribution in [0.25, 0.3) is 0 Å². The quantitative estimate of drug-likeness (QED) is 0.558. The maximum absolute atomic E-state index is 12.0. The Hall–Kier alpha value is -1.97. The molecule has 4 N–H and O–H groups in total. The van der Waals surface area contributed by atoms with Crippen LogP contribution in [0.2, 0.25) is 5.02 Å². The van der Waals surface area contributed by atoms with Gasteiger partial charge in [0.05, 0.1) is 17.4 Å². The van der Waals surface area contributed by atoms with Gasteiger partial charge in [0, 0.05) is 6.20 Å². The van der Waals surface area contributed by atoms with Crippen LogP contribution in [0, 0.1) is 0 Å². The fourth-order valence-corrected chi connectivity index (χ4v) is 2.17. The van der Waals surface area contributed by atoms with E-state index in [4.69, 9.17) is 17.4 Å². The predicted molar refractivity (Wildman–Crippen MR) is 69.9 cm³/mol. The first kappa shape index (κ1) is 13.5. The molecule has 2 heterocycles. The number of hydrazine groups is 1. The second kappa shape index (κ2) is 5.34. The van der Waals surface area contributed by atoms with Gasteiger partial charge in [0.15, 0.2) is 0 Å². The van der Waals surface area contributed by atoms with Gasteiger partial charge in [-0.15, -0.1) is 0 Å². The topological polar surface area (TPSA) is 123 Å². The van der Waals surface area contributed by atoms with Crippen LogP contribution < -0.4 is 16.0 Å². The SMILES string of the molecule is NNc1ncc(S(=O)(=O)Nc2ccc(Cl)cn2)cn1. The van der Waals surface area contributed by atoms with Gasteiger partial charge < -0.3 is 0 Å². The number of hydrogen-bond donors (Lipinski definition) is 3. The number of nitrogens with zero attached hydrogens (tertiary/aromatic N) is 3. The standard InChI is InChI=1S/C9H9ClN6O2S/c10-6-1-2-8(12-3-6)16-19(17,18)7-4-13-9(15-11)14-5-7/h1-5H,11H2,(H,12,16)(H,13,14,15). The molecule has 0 aliphatic rings. The Morgan fingerprint density at radius 1 is 1.11 bits per heavy atom. The van der Waals surface area contributed by atoms with E-state index in [2.05, 4.69) is 25.1 Å². The number of nitrogens with one attached hydrogen (secondary N) is 2. The summed E-state index contributed by atoms with van der Waals surface area (Å²) in [5, 5.41) is 0.407. The third-order valence-corrected chi connectivity index (χ3v) is 3.57. The summed E-state index contributed by atoms with van der Waals surface area (Å²) in [6.07, 6.45) is 3.58. The first-order valence-electron chi connectivity index (χ1n) is 4.94. The number of anilines is 2. The number of nitrogen functional groups attached to an aromatic ring is 1. The zero-order chi connectivity index (χ0) is 13.9. The number of pyridine rings is 1. The Kier molecular flexibility index (Phi) is 3.79. The minimum Gasteiger partial charge on any atom is -0.292 e. The van der Waals surface area contributed by atoms with Crippen LogP contribution in [-0.2, 0) is 10.0 Å². The van der Waals surface area contributed by atoms with E-state index in [-0.39, 0.29) is 16.7 Å². The molecule has 0 saturated heterocycles. The van der Waals surface area contributed by atoms with Crippen LogP contribution in [0.3, 0.4) is 0 Å². The van der Waals surface area contributed by atoms with E-state index in [1.54, 1.807) is 0 Å². The van der Waals surface area contributed by atoms with E-state index in [9.17, 15) is 8.42 Å². The third kappa shape index (κ3) is 3.28. The molecule has 0 bridgehead atoms. The number of halogens is 1. The van der Waals surface area contributed by atoms with Crippen LogP contribution in [0.15, 0.2) is 35.6 Å². The van der Waals surface area contributed by atoms with Crippen LogP contribution >= 0.6 is 11.6 Å². The van der Waals surface area contributed by atoms with Gasteiger partial charge in [0.25, 0.3) is 10.0 Å². The zero-order valence-electron chi connectivity index (χ0n) is 9.41. The number of hydrogen-bond acceptors (Lipinski definition) is 7. The van der Waals surface area contributed by atoms with Crippen LogP contribution in [-0.4, -0.2) is 23.4 Å². The van der Waals surface area contributed by atoms with Gasteiger partial charge in [-0.1, -0.05) is 11.6 Å². The zero-order valence-corrected chi connectivity index (χ0v) is 11.0. The summed E-state index contributed by atoms with van der Waals surface area (Å²) in [6, 6.07) is 2.96. The minimum atomic E-state index is -3.80. The molecule has 0 saturated carbocycles. The number of nitrogens with two attached hydrogens (primary N) is 1. The van der Waals surface area contributed by atoms with Crippen molar-refractivity contribution >= 4 is 33.4 Å². The van der Waals surface area contributed by atoms with Gasteiger partial charge in [-0.25, -0.2) is 29.2 Å². The minimum absolute atomic E-state index is 0.108. The first-order chi connectivity index (χ1) is 9.01. The molecule has 8 nitrogen and oxygen atoms in total. The molecule has 0 aliphatic carbocycles. The largest absolute Gasteiger partial charge is 0.292 e. The molecule has 2 aromatic rings. The Morgan fingerprint density at radius 3 is 2.32 bits per heavy atom. The fourth-order valence-electron chi connectivity index (χ4n) is 1.16. The lowest BCUT2D eigenvalue weighted by Crippen LogP contribution is -2.16. The summed E-state index contributed by atoms with van der Waals surface area (Å²) in [5.74, 6) is 5.34. The second-order valence-electron chi connectivity index (χ2n) is 3.35. The maximum Gasteiger partial charge on any atom is 0.266 e. The monoisotopic (exact) mass is 300 g/mol. The van der Waals surface area contributed by atoms with Gasteiger partial charge in [-0.05, 0) is 12.1 Å². The van der Waals surface area contributed by atoms with E-state index in [0.717, 1.165) is 12.4 Å². The molecular weight excluding hydrogens is 292 g/mol. The summed E-state index contributed by atoms with van der Waals surface area (Å²) in [4.78, 5) is 11.1. The van der Waals surface area contributed by atoms with Gasteiger partial charge in [0.2, 0.25) is 5.95 Å². The Bertz CT molecular complexity index is 658. The summed E-state index contributed by atoms with van der Waals surface area (Å²) in [6.45, 7) is 0. The fraction of sp³-hybridized carbons (Fsp3) is 0. The Balaban J connectivity index is 2.24. The molecule has 0 fully saturated rings. The predicted octanol–water partition coefficient (Wildman–Crippen LogP) is 0.611. The normalized spacial score (nSPS) is 11.1. The molecule has 0 aliphatic heterocycles. The average Bonchev–Trinajstić information content (AvgIpc) is 2.41. The van der Waals surface area contributed by atoms with Gasteiger partial charge in [-0.3, -0.25) is 10.1 Å². The molecular formula is C9H9ClN6O2S. The average molecular weight is 301 g/mol. The highest BCUT2D eigenvalue weighted by Crippen LogP contribution is 2.15. The lowest BCUT2D eigenvalue weighted by atomic mass is 10.5. The van der Waals surface area contributed by atoms with Crippen molar-refractivity contribution < 1.29 is 8.42 Å². The number of sulfonamides is 1. The molecule has 0 unspecified atom stereocenters. The van der Waals surface area contributed by atoms with Crippen molar-refractivity contribution in [3.05, 3.63) is 35.7 Å². The molecule has 19 heavy (non-hydrogen) atoms. The van der Waals surface area contributed by atoms with E-state index in [1.807, 2.05) is 0 Å². The summed E-state index contributed by atoms with van der Waals surface area (Å²) in [5.41, 5.74) is 2.20. The maximum atomic E-state index is 12.0. The first-order valence-corrected chi connectivity index (χ1v) is 6.80.